The van der Waals surface area contributed by atoms with E-state index in [9.17, 15) is 4.79 Å². The maximum atomic E-state index is 10.7. The normalized spacial score (nSPS) is 13.1. The van der Waals surface area contributed by atoms with Crippen LogP contribution < -0.4 is 4.74 Å². The molecule has 3 rings (SSSR count). The minimum absolute atomic E-state index is 0.0156. The van der Waals surface area contributed by atoms with Gasteiger partial charge in [0.2, 0.25) is 0 Å². The molecule has 5 heteroatoms. The number of benzene rings is 2. The van der Waals surface area contributed by atoms with Gasteiger partial charge in [-0.2, -0.15) is 0 Å². The van der Waals surface area contributed by atoms with Crippen molar-refractivity contribution in [1.82, 2.24) is 0 Å². The Morgan fingerprint density at radius 2 is 2.00 bits per heavy atom. The van der Waals surface area contributed by atoms with Gasteiger partial charge in [0, 0.05) is 5.02 Å². The number of carboxylic acids is 1. The van der Waals surface area contributed by atoms with Crippen LogP contribution in [0.5, 0.6) is 5.75 Å². The van der Waals surface area contributed by atoms with E-state index >= 15 is 0 Å². The van der Waals surface area contributed by atoms with Crippen molar-refractivity contribution in [3.8, 4) is 5.75 Å². The zero-order chi connectivity index (χ0) is 14.8. The van der Waals surface area contributed by atoms with E-state index in [0.29, 0.717) is 23.1 Å². The third kappa shape index (κ3) is 3.06. The molecular formula is C16H12ClNO3. The standard InChI is InChI=1S/C16H12ClNO3/c17-12-5-6-15-13(8-12)18-14(9-21-15)11-3-1-10(2-4-11)7-16(19)20/h1-6,8H,7,9H2,(H,19,20). The molecule has 2 aromatic carbocycles. The van der Waals surface area contributed by atoms with Crippen LogP contribution in [0.4, 0.5) is 5.69 Å². The summed E-state index contributed by atoms with van der Waals surface area (Å²) in [6.07, 6.45) is 0.0156. The van der Waals surface area contributed by atoms with Crippen molar-refractivity contribution in [3.05, 3.63) is 58.6 Å². The fourth-order valence-electron chi connectivity index (χ4n) is 2.16. The van der Waals surface area contributed by atoms with Gasteiger partial charge in [0.1, 0.15) is 18.0 Å². The third-order valence-corrected chi connectivity index (χ3v) is 3.42. The molecule has 0 fully saturated rings. The molecule has 0 amide bonds. The molecule has 2 aromatic rings. The van der Waals surface area contributed by atoms with E-state index in [1.165, 1.54) is 0 Å². The molecule has 0 spiro atoms. The lowest BCUT2D eigenvalue weighted by molar-refractivity contribution is -0.136. The maximum absolute atomic E-state index is 10.7. The Hall–Kier alpha value is -2.33. The molecular weight excluding hydrogens is 290 g/mol. The summed E-state index contributed by atoms with van der Waals surface area (Å²) in [5.41, 5.74) is 3.17. The van der Waals surface area contributed by atoms with Gasteiger partial charge in [0.25, 0.3) is 0 Å². The Morgan fingerprint density at radius 1 is 1.24 bits per heavy atom. The lowest BCUT2D eigenvalue weighted by Crippen LogP contribution is -2.16. The van der Waals surface area contributed by atoms with E-state index in [0.717, 1.165) is 16.8 Å². The predicted molar refractivity (Wildman–Crippen MR) is 80.9 cm³/mol. The van der Waals surface area contributed by atoms with Crippen LogP contribution in [0, 0.1) is 0 Å². The van der Waals surface area contributed by atoms with Crippen LogP contribution in [0.15, 0.2) is 47.5 Å². The zero-order valence-electron chi connectivity index (χ0n) is 11.0. The number of aliphatic imine (C=N–C) groups is 1. The summed E-state index contributed by atoms with van der Waals surface area (Å²) in [4.78, 5) is 15.2. The van der Waals surface area contributed by atoms with Crippen molar-refractivity contribution in [2.24, 2.45) is 4.99 Å². The van der Waals surface area contributed by atoms with Crippen molar-refractivity contribution in [3.63, 3.8) is 0 Å². The largest absolute Gasteiger partial charge is 0.485 e. The first-order valence-electron chi connectivity index (χ1n) is 6.43. The molecule has 1 N–H and O–H groups in total. The quantitative estimate of drug-likeness (QED) is 0.944. The minimum atomic E-state index is -0.843. The van der Waals surface area contributed by atoms with Gasteiger partial charge >= 0.3 is 5.97 Å². The SMILES string of the molecule is O=C(O)Cc1ccc(C2=Nc3cc(Cl)ccc3OC2)cc1. The van der Waals surface area contributed by atoms with Crippen molar-refractivity contribution >= 4 is 29.0 Å². The van der Waals surface area contributed by atoms with Gasteiger partial charge in [-0.3, -0.25) is 4.79 Å². The number of fused-ring (bicyclic) bond motifs is 1. The summed E-state index contributed by atoms with van der Waals surface area (Å²) in [5.74, 6) is -0.129. The van der Waals surface area contributed by atoms with Crippen LogP contribution in [0.1, 0.15) is 11.1 Å². The molecule has 1 aliphatic heterocycles. The number of rotatable bonds is 3. The summed E-state index contributed by atoms with van der Waals surface area (Å²) in [7, 11) is 0. The topological polar surface area (TPSA) is 58.9 Å². The van der Waals surface area contributed by atoms with Gasteiger partial charge in [-0.25, -0.2) is 4.99 Å². The van der Waals surface area contributed by atoms with Crippen LogP contribution in [0.25, 0.3) is 0 Å². The van der Waals surface area contributed by atoms with Crippen molar-refractivity contribution < 1.29 is 14.6 Å². The van der Waals surface area contributed by atoms with Crippen LogP contribution in [0.2, 0.25) is 5.02 Å². The number of carboxylic acid groups (broad SMARTS) is 1. The number of carbonyl (C=O) groups is 1. The monoisotopic (exact) mass is 301 g/mol. The molecule has 4 nitrogen and oxygen atoms in total. The Balaban J connectivity index is 1.89. The number of halogens is 1. The van der Waals surface area contributed by atoms with E-state index in [2.05, 4.69) is 4.99 Å². The summed E-state index contributed by atoms with van der Waals surface area (Å²) in [5, 5.41) is 9.37. The van der Waals surface area contributed by atoms with Gasteiger partial charge < -0.3 is 9.84 Å². The third-order valence-electron chi connectivity index (χ3n) is 3.18. The summed E-state index contributed by atoms with van der Waals surface area (Å²) in [6, 6.07) is 12.6. The molecule has 0 saturated heterocycles. The first-order chi connectivity index (χ1) is 10.1. The zero-order valence-corrected chi connectivity index (χ0v) is 11.8. The van der Waals surface area contributed by atoms with Gasteiger partial charge in [-0.05, 0) is 29.3 Å². The van der Waals surface area contributed by atoms with Crippen LogP contribution >= 0.6 is 11.6 Å². The molecule has 0 aliphatic carbocycles. The molecule has 1 aliphatic rings. The number of ether oxygens (including phenoxy) is 1. The van der Waals surface area contributed by atoms with Gasteiger partial charge in [0.15, 0.2) is 0 Å². The van der Waals surface area contributed by atoms with E-state index in [1.54, 1.807) is 30.3 Å². The highest BCUT2D eigenvalue weighted by atomic mass is 35.5. The van der Waals surface area contributed by atoms with Crippen LogP contribution in [-0.2, 0) is 11.2 Å². The predicted octanol–water partition coefficient (Wildman–Crippen LogP) is 3.48. The highest BCUT2D eigenvalue weighted by Gasteiger charge is 2.15. The molecule has 106 valence electrons. The first-order valence-corrected chi connectivity index (χ1v) is 6.80. The lowest BCUT2D eigenvalue weighted by Gasteiger charge is -2.17. The summed E-state index contributed by atoms with van der Waals surface area (Å²) < 4.78 is 5.66. The van der Waals surface area contributed by atoms with Crippen LogP contribution in [-0.4, -0.2) is 23.4 Å². The van der Waals surface area contributed by atoms with E-state index in [4.69, 9.17) is 21.4 Å². The van der Waals surface area contributed by atoms with Crippen molar-refractivity contribution in [2.45, 2.75) is 6.42 Å². The second-order valence-corrected chi connectivity index (χ2v) is 5.16. The minimum Gasteiger partial charge on any atom is -0.485 e. The van der Waals surface area contributed by atoms with E-state index < -0.39 is 5.97 Å². The van der Waals surface area contributed by atoms with Gasteiger partial charge in [0.05, 0.1) is 12.1 Å². The maximum Gasteiger partial charge on any atom is 0.307 e. The molecule has 0 atom stereocenters. The van der Waals surface area contributed by atoms with E-state index in [1.807, 2.05) is 12.1 Å². The average Bonchev–Trinajstić information content (AvgIpc) is 2.46. The molecule has 0 aromatic heterocycles. The van der Waals surface area contributed by atoms with Crippen molar-refractivity contribution in [1.29, 1.82) is 0 Å². The number of hydrogen-bond acceptors (Lipinski definition) is 3. The molecule has 0 bridgehead atoms. The average molecular weight is 302 g/mol. The Bertz CT molecular complexity index is 723. The lowest BCUT2D eigenvalue weighted by atomic mass is 10.1. The molecule has 0 saturated carbocycles. The highest BCUT2D eigenvalue weighted by Crippen LogP contribution is 2.33. The fourth-order valence-corrected chi connectivity index (χ4v) is 2.33. The Labute approximate surface area is 126 Å². The van der Waals surface area contributed by atoms with Crippen molar-refractivity contribution in [2.75, 3.05) is 6.61 Å². The van der Waals surface area contributed by atoms with Gasteiger partial charge in [-0.15, -0.1) is 0 Å². The molecule has 1 heterocycles. The Morgan fingerprint density at radius 3 is 2.71 bits per heavy atom. The smallest absolute Gasteiger partial charge is 0.307 e. The number of hydrogen-bond donors (Lipinski definition) is 1. The fraction of sp³-hybridized carbons (Fsp3) is 0.125. The summed E-state index contributed by atoms with van der Waals surface area (Å²) in [6.45, 7) is 0.382. The molecule has 0 radical (unpaired) electrons. The first kappa shape index (κ1) is 13.6. The number of aliphatic carboxylic acids is 1. The molecule has 21 heavy (non-hydrogen) atoms. The highest BCUT2D eigenvalue weighted by molar-refractivity contribution is 6.31. The number of nitrogens with zero attached hydrogens (tertiary/aromatic N) is 1. The second kappa shape index (κ2) is 5.58. The van der Waals surface area contributed by atoms with Gasteiger partial charge in [-0.1, -0.05) is 35.9 Å². The second-order valence-electron chi connectivity index (χ2n) is 4.73. The van der Waals surface area contributed by atoms with Crippen LogP contribution in [0.3, 0.4) is 0 Å². The summed E-state index contributed by atoms with van der Waals surface area (Å²) >= 11 is 5.96. The molecule has 0 unspecified atom stereocenters. The Kier molecular flexibility index (Phi) is 3.62. The van der Waals surface area contributed by atoms with E-state index in [-0.39, 0.29) is 6.42 Å².